The van der Waals surface area contributed by atoms with Crippen molar-refractivity contribution < 1.29 is 28.8 Å². The van der Waals surface area contributed by atoms with Crippen molar-refractivity contribution >= 4 is 27.8 Å². The number of carbonyl (C=O) groups excluding carboxylic acids is 1. The highest BCUT2D eigenvalue weighted by atomic mass is 16.5. The number of fused-ring (bicyclic) bond motifs is 3. The number of amides is 1. The van der Waals surface area contributed by atoms with Crippen LogP contribution in [0, 0.1) is 0 Å². The van der Waals surface area contributed by atoms with E-state index in [1.807, 2.05) is 54.6 Å². The van der Waals surface area contributed by atoms with Gasteiger partial charge >= 0.3 is 6.09 Å². The highest BCUT2D eigenvalue weighted by molar-refractivity contribution is 6.05. The van der Waals surface area contributed by atoms with Crippen molar-refractivity contribution in [1.82, 2.24) is 14.9 Å². The van der Waals surface area contributed by atoms with Crippen LogP contribution in [-0.2, 0) is 27.9 Å². The number of hydrogen-bond donors (Lipinski definition) is 3. The monoisotopic (exact) mass is 552 g/mol. The van der Waals surface area contributed by atoms with E-state index in [2.05, 4.69) is 10.3 Å². The first kappa shape index (κ1) is 30.5. The third-order valence-corrected chi connectivity index (χ3v) is 5.94. The van der Waals surface area contributed by atoms with Gasteiger partial charge in [0.05, 0.1) is 42.8 Å². The Morgan fingerprint density at radius 3 is 2.48 bits per heavy atom. The summed E-state index contributed by atoms with van der Waals surface area (Å²) >= 11 is 0. The van der Waals surface area contributed by atoms with E-state index in [1.54, 1.807) is 31.1 Å². The molecule has 2 heterocycles. The third-order valence-electron chi connectivity index (χ3n) is 5.94. The van der Waals surface area contributed by atoms with Gasteiger partial charge in [0, 0.05) is 45.1 Å². The number of hydrogen-bond acceptors (Lipinski definition) is 9. The van der Waals surface area contributed by atoms with Crippen LogP contribution in [0.5, 0.6) is 5.75 Å². The molecule has 11 heteroatoms. The molecule has 2 aromatic carbocycles. The molecule has 0 fully saturated rings. The molecule has 4 aromatic rings. The number of nitrogens with two attached hydrogens (primary N) is 1. The Hall–Kier alpha value is -4.03. The first-order valence-electron chi connectivity index (χ1n) is 12.7. The number of aromatic nitrogens is 2. The molecular weight excluding hydrogens is 516 g/mol. The fourth-order valence-corrected chi connectivity index (χ4v) is 3.93. The minimum Gasteiger partial charge on any atom is -0.492 e. The fourth-order valence-electron chi connectivity index (χ4n) is 3.93. The van der Waals surface area contributed by atoms with Crippen molar-refractivity contribution in [3.8, 4) is 5.75 Å². The topological polar surface area (TPSA) is 147 Å². The van der Waals surface area contributed by atoms with Crippen LogP contribution in [0.4, 0.5) is 4.79 Å². The number of carbonyl (C=O) groups is 1. The molecule has 0 saturated heterocycles. The summed E-state index contributed by atoms with van der Waals surface area (Å²) in [4.78, 5) is 27.9. The molecule has 0 spiro atoms. The molecule has 0 aliphatic carbocycles. The van der Waals surface area contributed by atoms with Crippen LogP contribution < -0.4 is 21.3 Å². The largest absolute Gasteiger partial charge is 0.492 e. The number of alkyl carbamates (subject to hydrolysis) is 1. The molecule has 0 radical (unpaired) electrons. The highest BCUT2D eigenvalue weighted by Crippen LogP contribution is 2.25. The second-order valence-corrected chi connectivity index (χ2v) is 9.03. The van der Waals surface area contributed by atoms with E-state index in [4.69, 9.17) is 29.8 Å². The van der Waals surface area contributed by atoms with Crippen molar-refractivity contribution in [2.75, 3.05) is 40.6 Å². The lowest BCUT2D eigenvalue weighted by Crippen LogP contribution is -2.40. The van der Waals surface area contributed by atoms with Gasteiger partial charge in [-0.05, 0) is 29.1 Å². The van der Waals surface area contributed by atoms with Crippen LogP contribution in [0.3, 0.4) is 0 Å². The number of rotatable bonds is 11. The number of pyridine rings is 2. The van der Waals surface area contributed by atoms with Gasteiger partial charge < -0.3 is 39.7 Å². The van der Waals surface area contributed by atoms with E-state index in [0.717, 1.165) is 21.9 Å². The summed E-state index contributed by atoms with van der Waals surface area (Å²) in [6, 6.07) is 16.3. The van der Waals surface area contributed by atoms with Crippen molar-refractivity contribution in [3.63, 3.8) is 0 Å². The average Bonchev–Trinajstić information content (AvgIpc) is 2.98. The SMILES string of the molecule is COC[C@@H](CO)NC(=O)OCc1ccccc1.COC[C@H](N)COc1ccc2c3ccncc3c(=O)n(C)c2c1. The highest BCUT2D eigenvalue weighted by Gasteiger charge is 2.12. The summed E-state index contributed by atoms with van der Waals surface area (Å²) in [6.45, 7) is 1.05. The molecule has 1 amide bonds. The number of nitrogens with zero attached hydrogens (tertiary/aromatic N) is 2. The maximum absolute atomic E-state index is 12.5. The van der Waals surface area contributed by atoms with Gasteiger partial charge in [-0.25, -0.2) is 4.79 Å². The van der Waals surface area contributed by atoms with Gasteiger partial charge in [-0.2, -0.15) is 0 Å². The lowest BCUT2D eigenvalue weighted by atomic mass is 10.1. The Morgan fingerprint density at radius 1 is 1.02 bits per heavy atom. The summed E-state index contributed by atoms with van der Waals surface area (Å²) in [7, 11) is 4.85. The Labute approximate surface area is 232 Å². The molecule has 40 heavy (non-hydrogen) atoms. The zero-order valence-corrected chi connectivity index (χ0v) is 22.9. The lowest BCUT2D eigenvalue weighted by molar-refractivity contribution is 0.103. The molecule has 0 bridgehead atoms. The maximum atomic E-state index is 12.5. The second-order valence-electron chi connectivity index (χ2n) is 9.03. The van der Waals surface area contributed by atoms with Gasteiger partial charge in [0.1, 0.15) is 19.0 Å². The normalized spacial score (nSPS) is 12.3. The molecule has 0 saturated carbocycles. The standard InChI is InChI=1S/C17H19N3O3.C12H17NO4/c1-20-16-7-12(23-10-11(18)9-22-2)3-4-14(16)13-5-6-19-8-15(13)17(20)21;1-16-9-11(7-14)13-12(15)17-8-10-5-3-2-4-6-10/h3-8,11H,9-10,18H2,1-2H3;2-6,11,14H,7-9H2,1H3,(H,13,15)/t2*11-/m01/s1. The predicted octanol–water partition coefficient (Wildman–Crippen LogP) is 2.36. The number of aliphatic hydroxyl groups is 1. The van der Waals surface area contributed by atoms with E-state index >= 15 is 0 Å². The van der Waals surface area contributed by atoms with Gasteiger partial charge in [0.25, 0.3) is 5.56 Å². The Morgan fingerprint density at radius 2 is 1.77 bits per heavy atom. The van der Waals surface area contributed by atoms with Gasteiger partial charge in [0.2, 0.25) is 0 Å². The van der Waals surface area contributed by atoms with Crippen molar-refractivity contribution in [1.29, 1.82) is 0 Å². The molecule has 4 rings (SSSR count). The van der Waals surface area contributed by atoms with E-state index < -0.39 is 12.1 Å². The number of nitrogens with one attached hydrogen (secondary N) is 1. The fraction of sp³-hybridized carbons (Fsp3) is 0.345. The molecule has 2 atom stereocenters. The van der Waals surface area contributed by atoms with Crippen molar-refractivity contribution in [2.45, 2.75) is 18.7 Å². The molecule has 11 nitrogen and oxygen atoms in total. The van der Waals surface area contributed by atoms with Crippen LogP contribution in [0.15, 0.2) is 71.8 Å². The molecule has 0 aliphatic heterocycles. The number of benzene rings is 2. The van der Waals surface area contributed by atoms with E-state index in [0.29, 0.717) is 24.3 Å². The summed E-state index contributed by atoms with van der Waals surface area (Å²) < 4.78 is 22.1. The molecule has 214 valence electrons. The molecule has 2 aromatic heterocycles. The van der Waals surface area contributed by atoms with Crippen LogP contribution in [0.2, 0.25) is 0 Å². The average molecular weight is 553 g/mol. The second kappa shape index (κ2) is 15.5. The number of methoxy groups -OCH3 is 2. The minimum atomic E-state index is -0.565. The zero-order valence-electron chi connectivity index (χ0n) is 22.9. The summed E-state index contributed by atoms with van der Waals surface area (Å²) in [5, 5.41) is 13.9. The Kier molecular flexibility index (Phi) is 11.8. The first-order chi connectivity index (χ1) is 19.4. The van der Waals surface area contributed by atoms with Gasteiger partial charge in [-0.3, -0.25) is 9.78 Å². The van der Waals surface area contributed by atoms with Crippen LogP contribution in [-0.4, -0.2) is 73.5 Å². The van der Waals surface area contributed by atoms with Crippen LogP contribution >= 0.6 is 0 Å². The van der Waals surface area contributed by atoms with E-state index in [1.165, 1.54) is 7.11 Å². The van der Waals surface area contributed by atoms with Gasteiger partial charge in [-0.15, -0.1) is 0 Å². The molecule has 0 aliphatic rings. The summed E-state index contributed by atoms with van der Waals surface area (Å²) in [6.07, 6.45) is 2.73. The molecular formula is C29H36N4O7. The summed E-state index contributed by atoms with van der Waals surface area (Å²) in [5.74, 6) is 0.674. The zero-order chi connectivity index (χ0) is 28.9. The smallest absolute Gasteiger partial charge is 0.407 e. The summed E-state index contributed by atoms with van der Waals surface area (Å²) in [5.41, 5.74) is 7.51. The van der Waals surface area contributed by atoms with E-state index in [9.17, 15) is 9.59 Å². The Balaban J connectivity index is 0.000000232. The molecule has 0 unspecified atom stereocenters. The predicted molar refractivity (Wildman–Crippen MR) is 152 cm³/mol. The Bertz CT molecular complexity index is 1430. The number of ether oxygens (including phenoxy) is 4. The quantitative estimate of drug-likeness (QED) is 0.239. The van der Waals surface area contributed by atoms with Gasteiger partial charge in [-0.1, -0.05) is 30.3 Å². The van der Waals surface area contributed by atoms with E-state index in [-0.39, 0.29) is 31.4 Å². The third kappa shape index (κ3) is 8.48. The van der Waals surface area contributed by atoms with Gasteiger partial charge in [0.15, 0.2) is 0 Å². The lowest BCUT2D eigenvalue weighted by Gasteiger charge is -2.15. The van der Waals surface area contributed by atoms with Crippen molar-refractivity contribution in [3.05, 3.63) is 82.9 Å². The molecule has 4 N–H and O–H groups in total. The van der Waals surface area contributed by atoms with Crippen LogP contribution in [0.1, 0.15) is 5.56 Å². The van der Waals surface area contributed by atoms with Crippen molar-refractivity contribution in [2.24, 2.45) is 12.8 Å². The number of aliphatic hydroxyl groups excluding tert-OH is 1. The minimum absolute atomic E-state index is 0.0752. The first-order valence-corrected chi connectivity index (χ1v) is 12.7. The number of aryl methyl sites for hydroxylation is 1. The van der Waals surface area contributed by atoms with Crippen LogP contribution in [0.25, 0.3) is 21.7 Å². The maximum Gasteiger partial charge on any atom is 0.407 e.